The van der Waals surface area contributed by atoms with E-state index in [9.17, 15) is 19.8 Å². The number of nitrogens with one attached hydrogen (secondary N) is 2. The monoisotopic (exact) mass is 569 g/mol. The van der Waals surface area contributed by atoms with Crippen molar-refractivity contribution in [1.29, 1.82) is 0 Å². The first-order chi connectivity index (χ1) is 20.2. The van der Waals surface area contributed by atoms with Gasteiger partial charge in [-0.1, -0.05) is 30.3 Å². The average Bonchev–Trinajstić information content (AvgIpc) is 3.29. The molecule has 4 N–H and O–H groups in total. The van der Waals surface area contributed by atoms with Crippen molar-refractivity contribution in [3.8, 4) is 5.88 Å². The van der Waals surface area contributed by atoms with Gasteiger partial charge in [0.05, 0.1) is 29.1 Å². The summed E-state index contributed by atoms with van der Waals surface area (Å²) in [6.07, 6.45) is 0. The number of nitrogens with zero attached hydrogens (tertiary/aromatic N) is 3. The Labute approximate surface area is 244 Å². The SMILES string of the molecule is Cc1cc2c(C(=Nc3ccc(C(=O)NOCCN4CCN(C)CC4)c(C)c3)c3ccccc3)c(O)[nH]c2cc1C(=O)O. The van der Waals surface area contributed by atoms with Gasteiger partial charge in [0.1, 0.15) is 0 Å². The number of carboxylic acids is 1. The summed E-state index contributed by atoms with van der Waals surface area (Å²) in [5.41, 5.74) is 7.28. The fourth-order valence-corrected chi connectivity index (χ4v) is 5.19. The molecule has 0 aliphatic carbocycles. The fourth-order valence-electron chi connectivity index (χ4n) is 5.19. The van der Waals surface area contributed by atoms with Crippen LogP contribution in [-0.4, -0.2) is 89.0 Å². The Morgan fingerprint density at radius 1 is 0.976 bits per heavy atom. The summed E-state index contributed by atoms with van der Waals surface area (Å²) in [5.74, 6) is -1.48. The number of fused-ring (bicyclic) bond motifs is 1. The molecule has 0 saturated carbocycles. The Morgan fingerprint density at radius 3 is 2.38 bits per heavy atom. The third kappa shape index (κ3) is 6.36. The Balaban J connectivity index is 1.39. The van der Waals surface area contributed by atoms with E-state index in [1.54, 1.807) is 25.1 Å². The number of piperazine rings is 1. The Bertz CT molecular complexity index is 1640. The zero-order chi connectivity index (χ0) is 29.8. The number of hydrogen-bond donors (Lipinski definition) is 4. The van der Waals surface area contributed by atoms with Gasteiger partial charge in [-0.2, -0.15) is 0 Å². The third-order valence-electron chi connectivity index (χ3n) is 7.60. The minimum absolute atomic E-state index is 0.115. The summed E-state index contributed by atoms with van der Waals surface area (Å²) in [7, 11) is 2.11. The van der Waals surface area contributed by atoms with Gasteiger partial charge >= 0.3 is 5.97 Å². The molecule has 1 amide bonds. The number of carboxylic acid groups (broad SMARTS) is 1. The molecule has 0 spiro atoms. The summed E-state index contributed by atoms with van der Waals surface area (Å²) in [6.45, 7) is 8.73. The molecule has 5 rings (SSSR count). The number of aromatic carboxylic acids is 1. The second-order valence-corrected chi connectivity index (χ2v) is 10.6. The van der Waals surface area contributed by atoms with E-state index >= 15 is 0 Å². The molecular formula is C32H35N5O5. The second kappa shape index (κ2) is 12.6. The maximum Gasteiger partial charge on any atom is 0.336 e. The van der Waals surface area contributed by atoms with Crippen LogP contribution in [-0.2, 0) is 4.84 Å². The van der Waals surface area contributed by atoms with E-state index in [1.165, 1.54) is 6.07 Å². The Hall–Kier alpha value is -4.51. The van der Waals surface area contributed by atoms with Gasteiger partial charge in [-0.15, -0.1) is 0 Å². The predicted molar refractivity (Wildman–Crippen MR) is 162 cm³/mol. The number of carbonyl (C=O) groups excluding carboxylic acids is 1. The number of aromatic nitrogens is 1. The molecule has 1 aliphatic rings. The largest absolute Gasteiger partial charge is 0.494 e. The van der Waals surface area contributed by atoms with Crippen molar-refractivity contribution >= 4 is 34.2 Å². The first-order valence-electron chi connectivity index (χ1n) is 13.9. The van der Waals surface area contributed by atoms with Gasteiger partial charge in [-0.3, -0.25) is 14.5 Å². The van der Waals surface area contributed by atoms with Crippen molar-refractivity contribution in [2.45, 2.75) is 13.8 Å². The number of amides is 1. The number of H-pyrrole nitrogens is 1. The molecule has 4 aromatic rings. The number of hydroxylamine groups is 1. The van der Waals surface area contributed by atoms with Crippen molar-refractivity contribution in [1.82, 2.24) is 20.3 Å². The van der Waals surface area contributed by atoms with Crippen molar-refractivity contribution in [2.24, 2.45) is 4.99 Å². The second-order valence-electron chi connectivity index (χ2n) is 10.6. The number of aliphatic imine (C=N–C) groups is 1. The molecule has 1 aliphatic heterocycles. The van der Waals surface area contributed by atoms with Crippen LogP contribution in [0.2, 0.25) is 0 Å². The van der Waals surface area contributed by atoms with Gasteiger partial charge in [0.2, 0.25) is 0 Å². The zero-order valence-electron chi connectivity index (χ0n) is 24.0. The van der Waals surface area contributed by atoms with Crippen LogP contribution in [0.5, 0.6) is 5.88 Å². The molecule has 0 unspecified atom stereocenters. The standard InChI is InChI=1S/C32H35N5O5/c1-20-17-23(9-10-24(20)30(38)35-42-16-15-37-13-11-36(3)12-14-37)33-29(22-7-5-4-6-8-22)28-26-18-21(2)25(32(40)41)19-27(26)34-31(28)39/h4-10,17-19,34,39H,11-16H2,1-3H3,(H,35,38)(H,40,41). The highest BCUT2D eigenvalue weighted by atomic mass is 16.7. The number of likely N-dealkylation sites (N-methyl/N-ethyl adjacent to an activating group) is 1. The highest BCUT2D eigenvalue weighted by molar-refractivity contribution is 6.22. The van der Waals surface area contributed by atoms with Crippen LogP contribution in [0.15, 0.2) is 65.7 Å². The molecule has 3 aromatic carbocycles. The lowest BCUT2D eigenvalue weighted by molar-refractivity contribution is 0.0177. The van der Waals surface area contributed by atoms with Crippen LogP contribution in [0.1, 0.15) is 43.0 Å². The maximum atomic E-state index is 12.8. The Kier molecular flexibility index (Phi) is 8.67. The van der Waals surface area contributed by atoms with Gasteiger partial charge in [0, 0.05) is 54.8 Å². The van der Waals surface area contributed by atoms with Crippen LogP contribution in [0.4, 0.5) is 5.69 Å². The van der Waals surface area contributed by atoms with E-state index < -0.39 is 5.97 Å². The number of aromatic hydroxyl groups is 1. The summed E-state index contributed by atoms with van der Waals surface area (Å²) >= 11 is 0. The predicted octanol–water partition coefficient (Wildman–Crippen LogP) is 4.27. The number of aryl methyl sites for hydroxylation is 2. The topological polar surface area (TPSA) is 130 Å². The van der Waals surface area contributed by atoms with Crippen LogP contribution in [0.3, 0.4) is 0 Å². The van der Waals surface area contributed by atoms with Crippen molar-refractivity contribution in [3.05, 3.63) is 94.0 Å². The van der Waals surface area contributed by atoms with Crippen molar-refractivity contribution in [3.63, 3.8) is 0 Å². The number of aromatic amines is 1. The highest BCUT2D eigenvalue weighted by Crippen LogP contribution is 2.33. The minimum Gasteiger partial charge on any atom is -0.494 e. The lowest BCUT2D eigenvalue weighted by atomic mass is 9.98. The molecule has 0 radical (unpaired) electrons. The fraction of sp³-hybridized carbons (Fsp3) is 0.281. The van der Waals surface area contributed by atoms with Crippen LogP contribution in [0.25, 0.3) is 10.9 Å². The number of rotatable bonds is 9. The lowest BCUT2D eigenvalue weighted by Crippen LogP contribution is -2.45. The molecule has 2 heterocycles. The van der Waals surface area contributed by atoms with Gasteiger partial charge < -0.3 is 20.1 Å². The first kappa shape index (κ1) is 29.0. The maximum absolute atomic E-state index is 12.8. The van der Waals surface area contributed by atoms with Gasteiger partial charge in [-0.25, -0.2) is 15.3 Å². The average molecular weight is 570 g/mol. The number of benzene rings is 3. The lowest BCUT2D eigenvalue weighted by Gasteiger charge is -2.32. The summed E-state index contributed by atoms with van der Waals surface area (Å²) in [4.78, 5) is 42.4. The molecule has 0 bridgehead atoms. The summed E-state index contributed by atoms with van der Waals surface area (Å²) < 4.78 is 0. The third-order valence-corrected chi connectivity index (χ3v) is 7.60. The molecule has 10 nitrogen and oxygen atoms in total. The quantitative estimate of drug-likeness (QED) is 0.135. The van der Waals surface area contributed by atoms with Crippen molar-refractivity contribution in [2.75, 3.05) is 46.4 Å². The number of hydrogen-bond acceptors (Lipinski definition) is 7. The van der Waals surface area contributed by atoms with E-state index in [1.807, 2.05) is 43.3 Å². The van der Waals surface area contributed by atoms with E-state index in [-0.39, 0.29) is 17.4 Å². The summed E-state index contributed by atoms with van der Waals surface area (Å²) in [6, 6.07) is 18.0. The molecule has 218 valence electrons. The minimum atomic E-state index is -1.04. The molecular weight excluding hydrogens is 534 g/mol. The number of carbonyl (C=O) groups is 2. The molecule has 1 aromatic heterocycles. The van der Waals surface area contributed by atoms with Crippen LogP contribution in [0, 0.1) is 13.8 Å². The van der Waals surface area contributed by atoms with Crippen molar-refractivity contribution < 1.29 is 24.6 Å². The molecule has 1 saturated heterocycles. The highest BCUT2D eigenvalue weighted by Gasteiger charge is 2.21. The molecule has 10 heteroatoms. The Morgan fingerprint density at radius 2 is 1.69 bits per heavy atom. The van der Waals surface area contributed by atoms with Gasteiger partial charge in [0.15, 0.2) is 5.88 Å². The van der Waals surface area contributed by atoms with E-state index in [0.717, 1.165) is 38.3 Å². The smallest absolute Gasteiger partial charge is 0.336 e. The normalized spacial score (nSPS) is 14.8. The van der Waals surface area contributed by atoms with Crippen LogP contribution >= 0.6 is 0 Å². The first-order valence-corrected chi connectivity index (χ1v) is 13.9. The van der Waals surface area contributed by atoms with E-state index in [0.29, 0.717) is 51.2 Å². The van der Waals surface area contributed by atoms with Gasteiger partial charge in [-0.05, 0) is 62.4 Å². The van der Waals surface area contributed by atoms with E-state index in [4.69, 9.17) is 9.83 Å². The molecule has 0 atom stereocenters. The summed E-state index contributed by atoms with van der Waals surface area (Å²) in [5, 5.41) is 21.2. The molecule has 42 heavy (non-hydrogen) atoms. The zero-order valence-corrected chi connectivity index (χ0v) is 24.0. The van der Waals surface area contributed by atoms with Crippen LogP contribution < -0.4 is 5.48 Å². The van der Waals surface area contributed by atoms with E-state index in [2.05, 4.69) is 27.3 Å². The van der Waals surface area contributed by atoms with Gasteiger partial charge in [0.25, 0.3) is 5.91 Å². The molecule has 1 fully saturated rings.